The van der Waals surface area contributed by atoms with Crippen LogP contribution in [0, 0.1) is 0 Å². The third-order valence-corrected chi connectivity index (χ3v) is 4.42. The summed E-state index contributed by atoms with van der Waals surface area (Å²) >= 11 is 0. The number of para-hydroxylation sites is 2. The highest BCUT2D eigenvalue weighted by Gasteiger charge is 2.27. The van der Waals surface area contributed by atoms with Crippen molar-refractivity contribution in [1.29, 1.82) is 0 Å². The second-order valence-corrected chi connectivity index (χ2v) is 5.70. The van der Waals surface area contributed by atoms with E-state index in [1.54, 1.807) is 10.8 Å². The number of furan rings is 1. The van der Waals surface area contributed by atoms with Crippen LogP contribution in [0.25, 0.3) is 11.1 Å². The van der Waals surface area contributed by atoms with Gasteiger partial charge < -0.3 is 8.83 Å². The Bertz CT molecular complexity index is 816. The number of oxazole rings is 1. The Morgan fingerprint density at radius 2 is 2.05 bits per heavy atom. The van der Waals surface area contributed by atoms with Gasteiger partial charge in [0.15, 0.2) is 5.58 Å². The summed E-state index contributed by atoms with van der Waals surface area (Å²) in [6, 6.07) is 11.8. The number of hydrogen-bond donors (Lipinski definition) is 0. The van der Waals surface area contributed by atoms with Crippen LogP contribution in [-0.2, 0) is 6.54 Å². The van der Waals surface area contributed by atoms with Gasteiger partial charge >= 0.3 is 5.76 Å². The van der Waals surface area contributed by atoms with Crippen molar-refractivity contribution in [3.63, 3.8) is 0 Å². The number of aromatic nitrogens is 1. The number of rotatable bonds is 4. The average molecular weight is 298 g/mol. The first-order valence-electron chi connectivity index (χ1n) is 7.69. The van der Waals surface area contributed by atoms with E-state index in [0.29, 0.717) is 18.2 Å². The molecule has 1 aliphatic rings. The van der Waals surface area contributed by atoms with E-state index < -0.39 is 0 Å². The molecule has 0 saturated carbocycles. The van der Waals surface area contributed by atoms with E-state index in [1.807, 2.05) is 36.4 Å². The number of hydrogen-bond acceptors (Lipinski definition) is 4. The molecule has 0 radical (unpaired) electrons. The molecule has 1 atom stereocenters. The Kier molecular flexibility index (Phi) is 3.35. The number of fused-ring (bicyclic) bond motifs is 1. The fourth-order valence-electron chi connectivity index (χ4n) is 3.35. The Labute approximate surface area is 127 Å². The van der Waals surface area contributed by atoms with Crippen LogP contribution in [0.4, 0.5) is 0 Å². The molecule has 3 heterocycles. The third-order valence-electron chi connectivity index (χ3n) is 4.42. The van der Waals surface area contributed by atoms with E-state index in [9.17, 15) is 4.79 Å². The quantitative estimate of drug-likeness (QED) is 0.743. The van der Waals surface area contributed by atoms with Gasteiger partial charge in [-0.2, -0.15) is 0 Å². The molecule has 0 spiro atoms. The van der Waals surface area contributed by atoms with Gasteiger partial charge in [-0.05, 0) is 43.7 Å². The van der Waals surface area contributed by atoms with Crippen LogP contribution in [0.3, 0.4) is 0 Å². The molecule has 1 fully saturated rings. The highest BCUT2D eigenvalue weighted by molar-refractivity contribution is 5.72. The minimum Gasteiger partial charge on any atom is -0.468 e. The Morgan fingerprint density at radius 3 is 2.91 bits per heavy atom. The molecule has 5 nitrogen and oxygen atoms in total. The van der Waals surface area contributed by atoms with Crippen molar-refractivity contribution < 1.29 is 8.83 Å². The zero-order chi connectivity index (χ0) is 14.9. The van der Waals surface area contributed by atoms with Gasteiger partial charge in [-0.1, -0.05) is 12.1 Å². The van der Waals surface area contributed by atoms with Crippen LogP contribution in [0.15, 0.2) is 56.3 Å². The van der Waals surface area contributed by atoms with Gasteiger partial charge in [0.2, 0.25) is 0 Å². The molecule has 1 saturated heterocycles. The molecule has 0 bridgehead atoms. The van der Waals surface area contributed by atoms with Gasteiger partial charge in [-0.25, -0.2) is 4.79 Å². The van der Waals surface area contributed by atoms with E-state index in [0.717, 1.165) is 37.2 Å². The smallest absolute Gasteiger partial charge is 0.419 e. The largest absolute Gasteiger partial charge is 0.468 e. The molecule has 2 aromatic heterocycles. The second kappa shape index (κ2) is 5.50. The standard InChI is InChI=1S/C17H18N2O3/c20-17-19(14-5-1-2-7-16(14)22-17)11-10-18-9-3-6-13(18)15-8-4-12-21-15/h1-2,4-5,7-8,12-13H,3,6,9-11H2/t13-/m0/s1. The summed E-state index contributed by atoms with van der Waals surface area (Å²) in [5.74, 6) is 0.733. The maximum absolute atomic E-state index is 12.0. The van der Waals surface area contributed by atoms with Crippen LogP contribution in [0.5, 0.6) is 0 Å². The topological polar surface area (TPSA) is 51.5 Å². The summed E-state index contributed by atoms with van der Waals surface area (Å²) in [6.07, 6.45) is 3.99. The maximum Gasteiger partial charge on any atom is 0.419 e. The monoisotopic (exact) mass is 298 g/mol. The molecular weight excluding hydrogens is 280 g/mol. The van der Waals surface area contributed by atoms with Crippen molar-refractivity contribution in [3.05, 3.63) is 59.0 Å². The predicted octanol–water partition coefficient (Wildman–Crippen LogP) is 3.02. The van der Waals surface area contributed by atoms with Crippen molar-refractivity contribution >= 4 is 11.1 Å². The van der Waals surface area contributed by atoms with Crippen LogP contribution in [0.2, 0.25) is 0 Å². The van der Waals surface area contributed by atoms with E-state index in [-0.39, 0.29) is 5.76 Å². The number of benzene rings is 1. The summed E-state index contributed by atoms with van der Waals surface area (Å²) < 4.78 is 12.5. The highest BCUT2D eigenvalue weighted by Crippen LogP contribution is 2.31. The van der Waals surface area contributed by atoms with Crippen LogP contribution < -0.4 is 5.76 Å². The summed E-state index contributed by atoms with van der Waals surface area (Å²) in [5.41, 5.74) is 1.51. The van der Waals surface area contributed by atoms with E-state index in [1.165, 1.54) is 0 Å². The first-order valence-corrected chi connectivity index (χ1v) is 7.69. The molecule has 0 aliphatic carbocycles. The predicted molar refractivity (Wildman–Crippen MR) is 82.7 cm³/mol. The Balaban J connectivity index is 1.54. The lowest BCUT2D eigenvalue weighted by Crippen LogP contribution is -2.29. The van der Waals surface area contributed by atoms with Crippen LogP contribution in [0.1, 0.15) is 24.6 Å². The van der Waals surface area contributed by atoms with Crippen LogP contribution >= 0.6 is 0 Å². The molecular formula is C17H18N2O3. The van der Waals surface area contributed by atoms with Crippen molar-refractivity contribution in [2.75, 3.05) is 13.1 Å². The fraction of sp³-hybridized carbons (Fsp3) is 0.353. The lowest BCUT2D eigenvalue weighted by Gasteiger charge is -2.22. The minimum atomic E-state index is -0.282. The minimum absolute atomic E-state index is 0.282. The number of nitrogens with zero attached hydrogens (tertiary/aromatic N) is 2. The number of likely N-dealkylation sites (tertiary alicyclic amines) is 1. The van der Waals surface area contributed by atoms with Crippen molar-refractivity contribution in [2.24, 2.45) is 0 Å². The van der Waals surface area contributed by atoms with Gasteiger partial charge in [0, 0.05) is 13.1 Å². The first kappa shape index (κ1) is 13.4. The van der Waals surface area contributed by atoms with Crippen molar-refractivity contribution in [2.45, 2.75) is 25.4 Å². The van der Waals surface area contributed by atoms with E-state index >= 15 is 0 Å². The molecule has 0 N–H and O–H groups in total. The summed E-state index contributed by atoms with van der Waals surface area (Å²) in [5, 5.41) is 0. The SMILES string of the molecule is O=c1oc2ccccc2n1CCN1CCC[C@H]1c1ccco1. The lowest BCUT2D eigenvalue weighted by atomic mass is 10.1. The molecule has 22 heavy (non-hydrogen) atoms. The summed E-state index contributed by atoms with van der Waals surface area (Å²) in [6.45, 7) is 2.48. The maximum atomic E-state index is 12.0. The second-order valence-electron chi connectivity index (χ2n) is 5.70. The summed E-state index contributed by atoms with van der Waals surface area (Å²) in [7, 11) is 0. The molecule has 3 aromatic rings. The van der Waals surface area contributed by atoms with Crippen molar-refractivity contribution in [1.82, 2.24) is 9.47 Å². The normalized spacial score (nSPS) is 19.2. The average Bonchev–Trinajstić information content (AvgIpc) is 3.24. The van der Waals surface area contributed by atoms with Gasteiger partial charge in [0.25, 0.3) is 0 Å². The first-order chi connectivity index (χ1) is 10.8. The lowest BCUT2D eigenvalue weighted by molar-refractivity contribution is 0.219. The molecule has 1 aliphatic heterocycles. The molecule has 0 unspecified atom stereocenters. The van der Waals surface area contributed by atoms with Gasteiger partial charge in [0.1, 0.15) is 5.76 Å². The molecule has 114 valence electrons. The molecule has 5 heteroatoms. The van der Waals surface area contributed by atoms with E-state index in [2.05, 4.69) is 4.90 Å². The zero-order valence-corrected chi connectivity index (χ0v) is 12.3. The Hall–Kier alpha value is -2.27. The van der Waals surface area contributed by atoms with Gasteiger partial charge in [0.05, 0.1) is 17.8 Å². The van der Waals surface area contributed by atoms with E-state index in [4.69, 9.17) is 8.83 Å². The fourth-order valence-corrected chi connectivity index (χ4v) is 3.35. The molecule has 0 amide bonds. The van der Waals surface area contributed by atoms with Gasteiger partial charge in [-0.3, -0.25) is 9.47 Å². The summed E-state index contributed by atoms with van der Waals surface area (Å²) in [4.78, 5) is 14.4. The van der Waals surface area contributed by atoms with Crippen molar-refractivity contribution in [3.8, 4) is 0 Å². The van der Waals surface area contributed by atoms with Gasteiger partial charge in [-0.15, -0.1) is 0 Å². The van der Waals surface area contributed by atoms with Crippen LogP contribution in [-0.4, -0.2) is 22.6 Å². The molecule has 4 rings (SSSR count). The Morgan fingerprint density at radius 1 is 1.14 bits per heavy atom. The molecule has 1 aromatic carbocycles. The highest BCUT2D eigenvalue weighted by atomic mass is 16.4. The third kappa shape index (κ3) is 2.27. The zero-order valence-electron chi connectivity index (χ0n) is 12.3.